The Balaban J connectivity index is 1.70. The lowest BCUT2D eigenvalue weighted by molar-refractivity contribution is 0.0261. The molecular weight excluding hydrogens is 308 g/mol. The van der Waals surface area contributed by atoms with Gasteiger partial charge in [0.25, 0.3) is 0 Å². The second-order valence-electron chi connectivity index (χ2n) is 10.6. The molecule has 0 bridgehead atoms. The van der Waals surface area contributed by atoms with E-state index in [9.17, 15) is 10.2 Å². The first-order valence-corrected chi connectivity index (χ1v) is 10.7. The largest absolute Gasteiger partial charge is 0.396 e. The third kappa shape index (κ3) is 1.94. The molecule has 0 radical (unpaired) electrons. The van der Waals surface area contributed by atoms with E-state index in [0.717, 1.165) is 17.4 Å². The molecule has 2 nitrogen and oxygen atoms in total. The number of aliphatic hydroxyl groups is 2. The van der Waals surface area contributed by atoms with Crippen LogP contribution in [0.25, 0.3) is 0 Å². The standard InChI is InChI=1S/C23H38O2/c1-6-11-22-16(14-24)9-13-23(22)18-8-7-17(15(2)20(3,4)25)21(18,5)12-10-19(22)23/h16-19,24-25H,2,6-14H2,1,3-5H3. The van der Waals surface area contributed by atoms with Gasteiger partial charge in [-0.1, -0.05) is 26.8 Å². The van der Waals surface area contributed by atoms with Gasteiger partial charge in [-0.15, -0.1) is 0 Å². The molecular formula is C23H38O2. The maximum absolute atomic E-state index is 10.6. The summed E-state index contributed by atoms with van der Waals surface area (Å²) in [5, 5.41) is 20.7. The first-order valence-electron chi connectivity index (χ1n) is 10.7. The van der Waals surface area contributed by atoms with Crippen LogP contribution in [-0.4, -0.2) is 22.4 Å². The van der Waals surface area contributed by atoms with E-state index in [1.165, 1.54) is 51.4 Å². The van der Waals surface area contributed by atoms with Crippen LogP contribution in [0, 0.1) is 39.9 Å². The highest BCUT2D eigenvalue weighted by molar-refractivity contribution is 5.34. The van der Waals surface area contributed by atoms with Gasteiger partial charge in [0.15, 0.2) is 0 Å². The van der Waals surface area contributed by atoms with Crippen molar-refractivity contribution in [3.05, 3.63) is 12.2 Å². The molecule has 25 heavy (non-hydrogen) atoms. The molecule has 4 saturated carbocycles. The zero-order chi connectivity index (χ0) is 18.3. The quantitative estimate of drug-likeness (QED) is 0.692. The zero-order valence-corrected chi connectivity index (χ0v) is 16.8. The van der Waals surface area contributed by atoms with Gasteiger partial charge in [-0.05, 0) is 104 Å². The van der Waals surface area contributed by atoms with E-state index in [2.05, 4.69) is 20.4 Å². The normalized spacial score (nSPS) is 51.0. The molecule has 0 amide bonds. The van der Waals surface area contributed by atoms with Gasteiger partial charge in [0.2, 0.25) is 0 Å². The Labute approximate surface area is 154 Å². The predicted molar refractivity (Wildman–Crippen MR) is 102 cm³/mol. The average molecular weight is 347 g/mol. The number of rotatable bonds is 5. The Morgan fingerprint density at radius 3 is 2.44 bits per heavy atom. The fraction of sp³-hybridized carbons (Fsp3) is 0.913. The molecule has 0 saturated heterocycles. The Bertz CT molecular complexity index is 575. The second kappa shape index (κ2) is 5.35. The van der Waals surface area contributed by atoms with Crippen LogP contribution in [0.4, 0.5) is 0 Å². The maximum Gasteiger partial charge on any atom is 0.0801 e. The van der Waals surface area contributed by atoms with Crippen LogP contribution in [0.15, 0.2) is 12.2 Å². The Kier molecular flexibility index (Phi) is 3.86. The summed E-state index contributed by atoms with van der Waals surface area (Å²) >= 11 is 0. The van der Waals surface area contributed by atoms with Crippen molar-refractivity contribution in [2.75, 3.05) is 6.61 Å². The lowest BCUT2D eigenvalue weighted by Gasteiger charge is -2.47. The minimum Gasteiger partial charge on any atom is -0.396 e. The molecule has 4 rings (SSSR count). The highest BCUT2D eigenvalue weighted by Gasteiger charge is 2.85. The van der Waals surface area contributed by atoms with Crippen LogP contribution >= 0.6 is 0 Å². The smallest absolute Gasteiger partial charge is 0.0801 e. The van der Waals surface area contributed by atoms with Gasteiger partial charge in [-0.3, -0.25) is 0 Å². The molecule has 0 aromatic heterocycles. The molecule has 2 heteroatoms. The molecule has 7 atom stereocenters. The summed E-state index contributed by atoms with van der Waals surface area (Å²) in [6.07, 6.45) is 10.2. The number of aliphatic hydroxyl groups excluding tert-OH is 1. The lowest BCUT2D eigenvalue weighted by Crippen LogP contribution is -2.41. The number of fused-ring (bicyclic) bond motifs is 2. The van der Waals surface area contributed by atoms with E-state index in [4.69, 9.17) is 0 Å². The summed E-state index contributed by atoms with van der Waals surface area (Å²) in [7, 11) is 0. The van der Waals surface area contributed by atoms with E-state index in [1.54, 1.807) is 0 Å². The Morgan fingerprint density at radius 1 is 1.12 bits per heavy atom. The molecule has 4 aliphatic carbocycles. The van der Waals surface area contributed by atoms with Crippen LogP contribution in [0.3, 0.4) is 0 Å². The van der Waals surface area contributed by atoms with Gasteiger partial charge >= 0.3 is 0 Å². The number of hydrogen-bond donors (Lipinski definition) is 2. The molecule has 1 spiro atoms. The van der Waals surface area contributed by atoms with E-state index in [-0.39, 0.29) is 0 Å². The fourth-order valence-corrected chi connectivity index (χ4v) is 8.91. The third-order valence-corrected chi connectivity index (χ3v) is 9.68. The molecule has 2 N–H and O–H groups in total. The summed E-state index contributed by atoms with van der Waals surface area (Å²) < 4.78 is 0. The van der Waals surface area contributed by atoms with Crippen LogP contribution in [0.1, 0.15) is 79.1 Å². The van der Waals surface area contributed by atoms with Crippen molar-refractivity contribution in [1.29, 1.82) is 0 Å². The Hall–Kier alpha value is -0.340. The molecule has 142 valence electrons. The first-order chi connectivity index (χ1) is 11.7. The van der Waals surface area contributed by atoms with E-state index < -0.39 is 5.60 Å². The topological polar surface area (TPSA) is 40.5 Å². The van der Waals surface area contributed by atoms with Crippen molar-refractivity contribution >= 4 is 0 Å². The molecule has 0 heterocycles. The molecule has 0 aromatic rings. The lowest BCUT2D eigenvalue weighted by atomic mass is 9.58. The van der Waals surface area contributed by atoms with Gasteiger partial charge in [-0.2, -0.15) is 0 Å². The molecule has 4 aliphatic rings. The maximum atomic E-state index is 10.6. The number of hydrogen-bond acceptors (Lipinski definition) is 2. The minimum absolute atomic E-state index is 0.299. The summed E-state index contributed by atoms with van der Waals surface area (Å²) in [5.41, 5.74) is 1.52. The summed E-state index contributed by atoms with van der Waals surface area (Å²) in [6, 6.07) is 0. The first kappa shape index (κ1) is 18.0. The summed E-state index contributed by atoms with van der Waals surface area (Å²) in [5.74, 6) is 2.63. The van der Waals surface area contributed by atoms with Crippen molar-refractivity contribution in [3.8, 4) is 0 Å². The summed E-state index contributed by atoms with van der Waals surface area (Å²) in [4.78, 5) is 0. The monoisotopic (exact) mass is 346 g/mol. The minimum atomic E-state index is -0.773. The van der Waals surface area contributed by atoms with Gasteiger partial charge in [0, 0.05) is 6.61 Å². The average Bonchev–Trinajstić information content (AvgIpc) is 2.80. The highest BCUT2D eigenvalue weighted by Crippen LogP contribution is 2.90. The van der Waals surface area contributed by atoms with Crippen molar-refractivity contribution < 1.29 is 10.2 Å². The molecule has 0 aliphatic heterocycles. The van der Waals surface area contributed by atoms with Crippen molar-refractivity contribution in [3.63, 3.8) is 0 Å². The second-order valence-corrected chi connectivity index (χ2v) is 10.6. The van der Waals surface area contributed by atoms with E-state index in [0.29, 0.717) is 34.7 Å². The van der Waals surface area contributed by atoms with Gasteiger partial charge in [0.05, 0.1) is 5.60 Å². The zero-order valence-electron chi connectivity index (χ0n) is 16.8. The van der Waals surface area contributed by atoms with Crippen molar-refractivity contribution in [1.82, 2.24) is 0 Å². The fourth-order valence-electron chi connectivity index (χ4n) is 8.91. The van der Waals surface area contributed by atoms with Crippen LogP contribution < -0.4 is 0 Å². The molecule has 0 aromatic carbocycles. The third-order valence-electron chi connectivity index (χ3n) is 9.68. The SMILES string of the molecule is C=C(C1CCC2C1(C)CCC1C3(CCC)C(CO)CCC213)C(C)(C)O. The van der Waals surface area contributed by atoms with Gasteiger partial charge in [0.1, 0.15) is 0 Å². The molecule has 4 fully saturated rings. The molecule has 7 unspecified atom stereocenters. The van der Waals surface area contributed by atoms with Gasteiger partial charge in [-0.25, -0.2) is 0 Å². The Morgan fingerprint density at radius 2 is 1.84 bits per heavy atom. The van der Waals surface area contributed by atoms with Crippen molar-refractivity contribution in [2.24, 2.45) is 39.9 Å². The summed E-state index contributed by atoms with van der Waals surface area (Å²) in [6.45, 7) is 13.4. The van der Waals surface area contributed by atoms with Crippen LogP contribution in [0.5, 0.6) is 0 Å². The van der Waals surface area contributed by atoms with E-state index >= 15 is 0 Å². The predicted octanol–water partition coefficient (Wildman–Crippen LogP) is 4.94. The van der Waals surface area contributed by atoms with E-state index in [1.807, 2.05) is 13.8 Å². The van der Waals surface area contributed by atoms with Gasteiger partial charge < -0.3 is 10.2 Å². The highest BCUT2D eigenvalue weighted by atomic mass is 16.3. The van der Waals surface area contributed by atoms with Crippen molar-refractivity contribution in [2.45, 2.75) is 84.7 Å². The van der Waals surface area contributed by atoms with Crippen LogP contribution in [-0.2, 0) is 0 Å². The van der Waals surface area contributed by atoms with Crippen LogP contribution in [0.2, 0.25) is 0 Å².